The number of benzene rings is 1. The molecule has 0 fully saturated rings. The molecule has 0 amide bonds. The van der Waals surface area contributed by atoms with Crippen molar-refractivity contribution < 1.29 is 9.66 Å². The summed E-state index contributed by atoms with van der Waals surface area (Å²) in [7, 11) is 4.02. The van der Waals surface area contributed by atoms with Gasteiger partial charge in [0.15, 0.2) is 0 Å². The molecule has 25 heavy (non-hydrogen) atoms. The van der Waals surface area contributed by atoms with Crippen molar-refractivity contribution in [3.63, 3.8) is 0 Å². The van der Waals surface area contributed by atoms with Crippen LogP contribution in [0.4, 0.5) is 11.6 Å². The fourth-order valence-corrected chi connectivity index (χ4v) is 2.18. The topological polar surface area (TPSA) is 113 Å². The summed E-state index contributed by atoms with van der Waals surface area (Å²) in [5, 5.41) is 13.5. The minimum absolute atomic E-state index is 0.198. The van der Waals surface area contributed by atoms with E-state index in [1.807, 2.05) is 38.4 Å². The van der Waals surface area contributed by atoms with Gasteiger partial charge in [0.25, 0.3) is 0 Å². The zero-order chi connectivity index (χ0) is 18.2. The zero-order valence-corrected chi connectivity index (χ0v) is 14.2. The fourth-order valence-electron chi connectivity index (χ4n) is 2.18. The Kier molecular flexibility index (Phi) is 6.47. The molecule has 0 radical (unpaired) electrons. The quantitative estimate of drug-likeness (QED) is 0.402. The number of nitrogens with one attached hydrogen (secondary N) is 2. The van der Waals surface area contributed by atoms with Gasteiger partial charge in [0.2, 0.25) is 5.95 Å². The van der Waals surface area contributed by atoms with Crippen molar-refractivity contribution in [2.75, 3.05) is 32.6 Å². The highest BCUT2D eigenvalue weighted by atomic mass is 16.6. The lowest BCUT2D eigenvalue weighted by atomic mass is 10.2. The number of anilines is 1. The van der Waals surface area contributed by atoms with Crippen LogP contribution in [0.25, 0.3) is 0 Å². The predicted molar refractivity (Wildman–Crippen MR) is 93.9 cm³/mol. The van der Waals surface area contributed by atoms with Crippen LogP contribution >= 0.6 is 0 Å². The van der Waals surface area contributed by atoms with Crippen LogP contribution in [0, 0.1) is 10.1 Å². The van der Waals surface area contributed by atoms with Crippen LogP contribution < -0.4 is 15.6 Å². The molecule has 9 heteroatoms. The third-order valence-corrected chi connectivity index (χ3v) is 3.26. The van der Waals surface area contributed by atoms with Gasteiger partial charge < -0.3 is 15.0 Å². The Morgan fingerprint density at radius 3 is 2.88 bits per heavy atom. The molecule has 0 spiro atoms. The molecule has 0 saturated heterocycles. The summed E-state index contributed by atoms with van der Waals surface area (Å²) in [6.45, 7) is 1.85. The molecule has 0 aliphatic rings. The molecule has 0 aliphatic carbocycles. The molecule has 0 atom stereocenters. The lowest BCUT2D eigenvalue weighted by Crippen LogP contribution is -2.17. The van der Waals surface area contributed by atoms with Crippen LogP contribution in [0.2, 0.25) is 0 Å². The molecule has 0 saturated carbocycles. The van der Waals surface area contributed by atoms with Crippen molar-refractivity contribution in [3.05, 3.63) is 56.5 Å². The summed E-state index contributed by atoms with van der Waals surface area (Å²) in [5.74, 6) is 1.00. The van der Waals surface area contributed by atoms with E-state index >= 15 is 0 Å². The van der Waals surface area contributed by atoms with E-state index in [0.29, 0.717) is 19.6 Å². The van der Waals surface area contributed by atoms with Crippen molar-refractivity contribution >= 4 is 11.6 Å². The number of hydrogen-bond acceptors (Lipinski definition) is 7. The monoisotopic (exact) mass is 347 g/mol. The molecule has 0 bridgehead atoms. The van der Waals surface area contributed by atoms with Gasteiger partial charge in [-0.15, -0.1) is 0 Å². The first-order valence-corrected chi connectivity index (χ1v) is 7.80. The number of hydrogen-bond donors (Lipinski definition) is 2. The molecular formula is C16H21N5O4. The van der Waals surface area contributed by atoms with Gasteiger partial charge in [-0.3, -0.25) is 19.9 Å². The Morgan fingerprint density at radius 1 is 1.40 bits per heavy atom. The molecule has 1 heterocycles. The van der Waals surface area contributed by atoms with Crippen LogP contribution in [-0.2, 0) is 6.54 Å². The van der Waals surface area contributed by atoms with Crippen LogP contribution in [0.3, 0.4) is 0 Å². The number of nitro groups is 1. The van der Waals surface area contributed by atoms with Gasteiger partial charge in [-0.1, -0.05) is 12.1 Å². The molecule has 1 aromatic heterocycles. The highest BCUT2D eigenvalue weighted by Gasteiger charge is 2.12. The second-order valence-electron chi connectivity index (χ2n) is 5.72. The summed E-state index contributed by atoms with van der Waals surface area (Å²) in [6, 6.07) is 7.91. The van der Waals surface area contributed by atoms with E-state index in [4.69, 9.17) is 4.74 Å². The first-order valence-electron chi connectivity index (χ1n) is 7.80. The molecule has 0 unspecified atom stereocenters. The smallest absolute Gasteiger partial charge is 0.352 e. The summed E-state index contributed by atoms with van der Waals surface area (Å²) in [6.07, 6.45) is 1.62. The van der Waals surface area contributed by atoms with Crippen molar-refractivity contribution in [1.29, 1.82) is 0 Å². The maximum atomic E-state index is 11.5. The van der Waals surface area contributed by atoms with E-state index in [9.17, 15) is 14.9 Å². The third kappa shape index (κ3) is 5.88. The molecule has 1 aromatic carbocycles. The fraction of sp³-hybridized carbons (Fsp3) is 0.375. The van der Waals surface area contributed by atoms with E-state index in [0.717, 1.165) is 18.5 Å². The second-order valence-corrected chi connectivity index (χ2v) is 5.72. The van der Waals surface area contributed by atoms with Gasteiger partial charge in [-0.25, -0.2) is 4.98 Å². The highest BCUT2D eigenvalue weighted by Crippen LogP contribution is 2.14. The van der Waals surface area contributed by atoms with Crippen LogP contribution in [-0.4, -0.2) is 47.0 Å². The van der Waals surface area contributed by atoms with Gasteiger partial charge in [0, 0.05) is 13.1 Å². The van der Waals surface area contributed by atoms with Gasteiger partial charge in [0.05, 0.1) is 11.5 Å². The van der Waals surface area contributed by atoms with E-state index in [2.05, 4.69) is 20.2 Å². The van der Waals surface area contributed by atoms with Gasteiger partial charge in [0.1, 0.15) is 11.9 Å². The Hall–Kier alpha value is -2.94. The van der Waals surface area contributed by atoms with Crippen molar-refractivity contribution in [2.24, 2.45) is 0 Å². The SMILES string of the molecule is CN(C)Cc1cccc(OCCCNc2ncc([N+](=O)[O-])c(=O)[nH]2)c1. The molecule has 9 nitrogen and oxygen atoms in total. The maximum absolute atomic E-state index is 11.5. The highest BCUT2D eigenvalue weighted by molar-refractivity contribution is 5.31. The first kappa shape index (κ1) is 18.4. The molecule has 134 valence electrons. The predicted octanol–water partition coefficient (Wildman–Crippen LogP) is 1.62. The van der Waals surface area contributed by atoms with Crippen LogP contribution in [0.5, 0.6) is 5.75 Å². The Morgan fingerprint density at radius 2 is 2.20 bits per heavy atom. The summed E-state index contributed by atoms with van der Waals surface area (Å²) in [4.78, 5) is 29.5. The zero-order valence-electron chi connectivity index (χ0n) is 14.2. The normalized spacial score (nSPS) is 10.7. The maximum Gasteiger partial charge on any atom is 0.352 e. The van der Waals surface area contributed by atoms with E-state index in [-0.39, 0.29) is 5.95 Å². The van der Waals surface area contributed by atoms with Gasteiger partial charge in [-0.2, -0.15) is 0 Å². The number of aromatic amines is 1. The molecule has 2 rings (SSSR count). The first-order chi connectivity index (χ1) is 12.0. The van der Waals surface area contributed by atoms with Gasteiger partial charge >= 0.3 is 11.2 Å². The molecule has 2 aromatic rings. The van der Waals surface area contributed by atoms with Crippen LogP contribution in [0.15, 0.2) is 35.3 Å². The standard InChI is InChI=1S/C16H21N5O4/c1-20(2)11-12-5-3-6-13(9-12)25-8-4-7-17-16-18-10-14(21(23)24)15(22)19-16/h3,5-6,9-10H,4,7-8,11H2,1-2H3,(H2,17,18,19,22). The lowest BCUT2D eigenvalue weighted by molar-refractivity contribution is -0.386. The number of aromatic nitrogens is 2. The van der Waals surface area contributed by atoms with Crippen LogP contribution in [0.1, 0.15) is 12.0 Å². The van der Waals surface area contributed by atoms with Crippen molar-refractivity contribution in [3.8, 4) is 5.75 Å². The number of nitrogens with zero attached hydrogens (tertiary/aromatic N) is 3. The average Bonchev–Trinajstić information content (AvgIpc) is 2.54. The second kappa shape index (κ2) is 8.78. The summed E-state index contributed by atoms with van der Waals surface area (Å²) in [5.41, 5.74) is -0.184. The van der Waals surface area contributed by atoms with Crippen molar-refractivity contribution in [2.45, 2.75) is 13.0 Å². The Balaban J connectivity index is 1.76. The third-order valence-electron chi connectivity index (χ3n) is 3.26. The average molecular weight is 347 g/mol. The minimum Gasteiger partial charge on any atom is -0.494 e. The minimum atomic E-state index is -0.781. The molecular weight excluding hydrogens is 326 g/mol. The molecule has 0 aliphatic heterocycles. The Bertz CT molecular complexity index is 775. The summed E-state index contributed by atoms with van der Waals surface area (Å²) < 4.78 is 5.70. The number of rotatable bonds is 9. The van der Waals surface area contributed by atoms with Crippen molar-refractivity contribution in [1.82, 2.24) is 14.9 Å². The van der Waals surface area contributed by atoms with E-state index in [1.165, 1.54) is 5.56 Å². The van der Waals surface area contributed by atoms with E-state index in [1.54, 1.807) is 0 Å². The largest absolute Gasteiger partial charge is 0.494 e. The Labute approximate surface area is 144 Å². The van der Waals surface area contributed by atoms with E-state index < -0.39 is 16.2 Å². The molecule has 2 N–H and O–H groups in total. The summed E-state index contributed by atoms with van der Waals surface area (Å²) >= 11 is 0. The number of H-pyrrole nitrogens is 1. The number of ether oxygens (including phenoxy) is 1. The lowest BCUT2D eigenvalue weighted by Gasteiger charge is -2.12. The van der Waals surface area contributed by atoms with Gasteiger partial charge in [-0.05, 0) is 38.2 Å².